The summed E-state index contributed by atoms with van der Waals surface area (Å²) in [6.07, 6.45) is -2.97. The second kappa shape index (κ2) is 13.8. The van der Waals surface area contributed by atoms with Crippen LogP contribution in [0.1, 0.15) is 24.0 Å². The van der Waals surface area contributed by atoms with E-state index in [9.17, 15) is 18.0 Å². The topological polar surface area (TPSA) is 115 Å². The lowest BCUT2D eigenvalue weighted by Crippen LogP contribution is -2.37. The lowest BCUT2D eigenvalue weighted by molar-refractivity contribution is -0.192. The van der Waals surface area contributed by atoms with Gasteiger partial charge >= 0.3 is 18.2 Å². The van der Waals surface area contributed by atoms with E-state index in [1.165, 1.54) is 5.56 Å². The van der Waals surface area contributed by atoms with E-state index in [1.807, 2.05) is 30.3 Å². The van der Waals surface area contributed by atoms with Gasteiger partial charge in [-0.15, -0.1) is 0 Å². The Morgan fingerprint density at radius 2 is 1.54 bits per heavy atom. The average Bonchev–Trinajstić information content (AvgIpc) is 2.90. The van der Waals surface area contributed by atoms with Crippen molar-refractivity contribution < 1.29 is 32.6 Å². The van der Waals surface area contributed by atoms with E-state index in [2.05, 4.69) is 45.9 Å². The molecule has 4 rings (SSSR count). The highest BCUT2D eigenvalue weighted by atomic mass is 19.4. The number of anilines is 2. The van der Waals surface area contributed by atoms with Gasteiger partial charge in [-0.1, -0.05) is 42.5 Å². The van der Waals surface area contributed by atoms with Crippen LogP contribution in [-0.2, 0) is 11.3 Å². The zero-order valence-electron chi connectivity index (χ0n) is 20.8. The Labute approximate surface area is 223 Å². The normalized spacial score (nSPS) is 13.8. The summed E-state index contributed by atoms with van der Waals surface area (Å²) in [5, 5.41) is 21.7. The number of hydrogen-bond donors (Lipinski definition) is 3. The number of benzene rings is 3. The molecule has 0 radical (unpaired) electrons. The van der Waals surface area contributed by atoms with Gasteiger partial charge < -0.3 is 20.5 Å². The van der Waals surface area contributed by atoms with Crippen molar-refractivity contribution >= 4 is 23.4 Å². The van der Waals surface area contributed by atoms with Crippen LogP contribution in [0, 0.1) is 11.3 Å². The molecule has 0 saturated carbocycles. The molecule has 1 heterocycles. The van der Waals surface area contributed by atoms with Gasteiger partial charge in [-0.3, -0.25) is 4.90 Å². The maximum atomic E-state index is 12.3. The fourth-order valence-electron chi connectivity index (χ4n) is 3.83. The van der Waals surface area contributed by atoms with Crippen LogP contribution in [0.5, 0.6) is 5.75 Å². The maximum Gasteiger partial charge on any atom is 0.490 e. The van der Waals surface area contributed by atoms with Crippen LogP contribution in [0.25, 0.3) is 0 Å². The third-order valence-electron chi connectivity index (χ3n) is 5.67. The van der Waals surface area contributed by atoms with Crippen LogP contribution in [0.15, 0.2) is 78.9 Å². The first-order valence-electron chi connectivity index (χ1n) is 12.0. The molecule has 0 atom stereocenters. The molecule has 3 aromatic rings. The van der Waals surface area contributed by atoms with Crippen molar-refractivity contribution in [2.45, 2.75) is 31.7 Å². The molecule has 204 valence electrons. The van der Waals surface area contributed by atoms with Gasteiger partial charge in [0, 0.05) is 37.1 Å². The Kier molecular flexibility index (Phi) is 10.3. The first-order chi connectivity index (χ1) is 18.6. The number of likely N-dealkylation sites (tertiary alicyclic amines) is 1. The van der Waals surface area contributed by atoms with Crippen LogP contribution in [0.4, 0.5) is 29.3 Å². The molecule has 39 heavy (non-hydrogen) atoms. The predicted octanol–water partition coefficient (Wildman–Crippen LogP) is 5.88. The van der Waals surface area contributed by atoms with Crippen molar-refractivity contribution in [3.8, 4) is 11.8 Å². The number of piperidine rings is 1. The van der Waals surface area contributed by atoms with Crippen molar-refractivity contribution in [2.24, 2.45) is 0 Å². The Morgan fingerprint density at radius 3 is 2.13 bits per heavy atom. The summed E-state index contributed by atoms with van der Waals surface area (Å²) in [6.45, 7) is 2.97. The molecule has 0 spiro atoms. The first-order valence-corrected chi connectivity index (χ1v) is 12.0. The van der Waals surface area contributed by atoms with Gasteiger partial charge in [-0.25, -0.2) is 9.59 Å². The molecular formula is C28H27F3N4O4. The minimum atomic E-state index is -5.08. The summed E-state index contributed by atoms with van der Waals surface area (Å²) in [5.41, 5.74) is 3.05. The van der Waals surface area contributed by atoms with Gasteiger partial charge in [0.1, 0.15) is 11.9 Å². The number of nitrogens with zero attached hydrogens (tertiary/aromatic N) is 2. The molecule has 3 N–H and O–H groups in total. The minimum absolute atomic E-state index is 0.167. The molecule has 8 nitrogen and oxygen atoms in total. The van der Waals surface area contributed by atoms with E-state index in [0.717, 1.165) is 38.2 Å². The molecular weight excluding hydrogens is 513 g/mol. The summed E-state index contributed by atoms with van der Waals surface area (Å²) in [5.74, 6) is -2.01. The highest BCUT2D eigenvalue weighted by molar-refractivity contribution is 5.99. The van der Waals surface area contributed by atoms with Crippen molar-refractivity contribution in [3.05, 3.63) is 90.0 Å². The zero-order valence-corrected chi connectivity index (χ0v) is 20.8. The van der Waals surface area contributed by atoms with E-state index in [-0.39, 0.29) is 12.1 Å². The highest BCUT2D eigenvalue weighted by Crippen LogP contribution is 2.23. The van der Waals surface area contributed by atoms with Gasteiger partial charge in [0.05, 0.1) is 11.6 Å². The van der Waals surface area contributed by atoms with E-state index < -0.39 is 12.1 Å². The summed E-state index contributed by atoms with van der Waals surface area (Å²) in [7, 11) is 0. The van der Waals surface area contributed by atoms with E-state index in [4.69, 9.17) is 19.9 Å². The maximum absolute atomic E-state index is 12.3. The second-order valence-electron chi connectivity index (χ2n) is 8.68. The zero-order chi connectivity index (χ0) is 28.3. The number of ether oxygens (including phenoxy) is 1. The Bertz CT molecular complexity index is 1290. The molecule has 1 aliphatic heterocycles. The van der Waals surface area contributed by atoms with Gasteiger partial charge in [0.25, 0.3) is 0 Å². The smallest absolute Gasteiger partial charge is 0.490 e. The third kappa shape index (κ3) is 10.0. The summed E-state index contributed by atoms with van der Waals surface area (Å²) in [4.78, 5) is 23.7. The highest BCUT2D eigenvalue weighted by Gasteiger charge is 2.38. The number of urea groups is 1. The number of alkyl halides is 3. The summed E-state index contributed by atoms with van der Waals surface area (Å²) >= 11 is 0. The monoisotopic (exact) mass is 540 g/mol. The molecule has 1 aliphatic rings. The number of nitrogens with one attached hydrogen (secondary N) is 2. The summed E-state index contributed by atoms with van der Waals surface area (Å²) in [6, 6.07) is 26.4. The van der Waals surface area contributed by atoms with Crippen LogP contribution < -0.4 is 15.4 Å². The molecule has 0 bridgehead atoms. The number of rotatable bonds is 6. The predicted molar refractivity (Wildman–Crippen MR) is 139 cm³/mol. The SMILES string of the molecule is N#Cc1cccc(NC(=O)Nc2cccc(OC3CCN(Cc4ccccc4)CC3)c2)c1.O=C(O)C(F)(F)F. The van der Waals surface area contributed by atoms with Gasteiger partial charge in [-0.2, -0.15) is 18.4 Å². The molecule has 1 fully saturated rings. The molecule has 0 aliphatic carbocycles. The van der Waals surface area contributed by atoms with Crippen molar-refractivity contribution in [1.29, 1.82) is 5.26 Å². The number of carbonyl (C=O) groups excluding carboxylic acids is 1. The minimum Gasteiger partial charge on any atom is -0.490 e. The molecule has 2 amide bonds. The lowest BCUT2D eigenvalue weighted by atomic mass is 10.1. The largest absolute Gasteiger partial charge is 0.490 e. The van der Waals surface area contributed by atoms with Crippen LogP contribution in [0.2, 0.25) is 0 Å². The van der Waals surface area contributed by atoms with E-state index in [0.29, 0.717) is 16.9 Å². The van der Waals surface area contributed by atoms with Crippen molar-refractivity contribution in [1.82, 2.24) is 4.90 Å². The number of amides is 2. The second-order valence-corrected chi connectivity index (χ2v) is 8.68. The van der Waals surface area contributed by atoms with Crippen LogP contribution >= 0.6 is 0 Å². The molecule has 1 saturated heterocycles. The third-order valence-corrected chi connectivity index (χ3v) is 5.67. The van der Waals surface area contributed by atoms with Crippen LogP contribution in [0.3, 0.4) is 0 Å². The van der Waals surface area contributed by atoms with Gasteiger partial charge in [-0.05, 0) is 48.7 Å². The van der Waals surface area contributed by atoms with E-state index >= 15 is 0 Å². The fourth-order valence-corrected chi connectivity index (χ4v) is 3.83. The number of halogens is 3. The quantitative estimate of drug-likeness (QED) is 0.360. The Morgan fingerprint density at radius 1 is 0.949 bits per heavy atom. The number of aliphatic carboxylic acids is 1. The van der Waals surface area contributed by atoms with Crippen molar-refractivity contribution in [2.75, 3.05) is 23.7 Å². The van der Waals surface area contributed by atoms with Crippen molar-refractivity contribution in [3.63, 3.8) is 0 Å². The lowest BCUT2D eigenvalue weighted by Gasteiger charge is -2.32. The molecule has 0 aromatic heterocycles. The standard InChI is InChI=1S/C26H26N4O2.C2HF3O2/c27-18-21-8-4-9-22(16-21)28-26(31)29-23-10-5-11-25(17-23)32-24-12-14-30(15-13-24)19-20-6-2-1-3-7-20;3-2(4,5)1(6)7/h1-11,16-17,24H,12-15,19H2,(H2,28,29,31);(H,6,7). The van der Waals surface area contributed by atoms with E-state index in [1.54, 1.807) is 24.3 Å². The number of carbonyl (C=O) groups is 2. The summed E-state index contributed by atoms with van der Waals surface area (Å²) < 4.78 is 37.9. The first kappa shape index (κ1) is 29.0. The fraction of sp³-hybridized carbons (Fsp3) is 0.250. The average molecular weight is 541 g/mol. The molecule has 0 unspecified atom stereocenters. The van der Waals surface area contributed by atoms with Gasteiger partial charge in [0.2, 0.25) is 0 Å². The molecule has 11 heteroatoms. The number of nitriles is 1. The Balaban J connectivity index is 0.000000532. The van der Waals surface area contributed by atoms with Crippen LogP contribution in [-0.4, -0.2) is 47.4 Å². The number of carboxylic acids is 1. The number of carboxylic acid groups (broad SMARTS) is 1. The Hall–Kier alpha value is -4.56. The number of hydrogen-bond acceptors (Lipinski definition) is 5. The molecule has 3 aromatic carbocycles. The van der Waals surface area contributed by atoms with Gasteiger partial charge in [0.15, 0.2) is 0 Å².